The second-order valence-corrected chi connectivity index (χ2v) is 9.91. The predicted octanol–water partition coefficient (Wildman–Crippen LogP) is 4.36. The number of halogens is 1. The smallest absolute Gasteiger partial charge is 0.257 e. The lowest BCUT2D eigenvalue weighted by Crippen LogP contribution is -2.42. The van der Waals surface area contributed by atoms with E-state index in [9.17, 15) is 4.79 Å². The minimum absolute atomic E-state index is 0.0826. The molecule has 4 rings (SSSR count). The third-order valence-corrected chi connectivity index (χ3v) is 8.43. The first kappa shape index (κ1) is 18.9. The highest BCUT2D eigenvalue weighted by atomic mass is 79.9. The van der Waals surface area contributed by atoms with Gasteiger partial charge in [0.1, 0.15) is 0 Å². The lowest BCUT2D eigenvalue weighted by molar-refractivity contribution is 0.0977. The number of thiophene rings is 1. The minimum Gasteiger partial charge on any atom is -0.301 e. The molecule has 140 valence electrons. The van der Waals surface area contributed by atoms with Gasteiger partial charge in [0.25, 0.3) is 5.91 Å². The molecule has 0 unspecified atom stereocenters. The van der Waals surface area contributed by atoms with Crippen molar-refractivity contribution in [2.24, 2.45) is 10.9 Å². The third-order valence-electron chi connectivity index (χ3n) is 4.96. The lowest BCUT2D eigenvalue weighted by Gasteiger charge is -2.36. The Labute approximate surface area is 175 Å². The number of aliphatic imine (C=N–C) groups is 1. The van der Waals surface area contributed by atoms with Gasteiger partial charge in [0.2, 0.25) is 0 Å². The fourth-order valence-corrected chi connectivity index (χ4v) is 6.93. The van der Waals surface area contributed by atoms with Crippen LogP contribution in [0, 0.1) is 5.92 Å². The Morgan fingerprint density at radius 1 is 1.44 bits per heavy atom. The number of amides is 1. The van der Waals surface area contributed by atoms with Gasteiger partial charge in [0.05, 0.1) is 4.75 Å². The van der Waals surface area contributed by atoms with Gasteiger partial charge in [-0.1, -0.05) is 36.0 Å². The summed E-state index contributed by atoms with van der Waals surface area (Å²) >= 11 is 7.07. The van der Waals surface area contributed by atoms with Gasteiger partial charge in [-0.3, -0.25) is 14.7 Å². The normalized spacial score (nSPS) is 24.9. The molecule has 4 nitrogen and oxygen atoms in total. The highest BCUT2D eigenvalue weighted by Crippen LogP contribution is 2.52. The van der Waals surface area contributed by atoms with E-state index < -0.39 is 0 Å². The zero-order chi connectivity index (χ0) is 18.9. The Morgan fingerprint density at radius 3 is 2.96 bits per heavy atom. The number of hydrogen-bond donors (Lipinski definition) is 1. The summed E-state index contributed by atoms with van der Waals surface area (Å²) in [6, 6.07) is 11.5. The van der Waals surface area contributed by atoms with E-state index >= 15 is 0 Å². The highest BCUT2D eigenvalue weighted by Gasteiger charge is 2.51. The number of thioether (sulfide) groups is 1. The summed E-state index contributed by atoms with van der Waals surface area (Å²) in [6.07, 6.45) is 1.96. The van der Waals surface area contributed by atoms with E-state index in [1.54, 1.807) is 23.1 Å². The molecule has 1 saturated heterocycles. The summed E-state index contributed by atoms with van der Waals surface area (Å²) < 4.78 is 1.02. The summed E-state index contributed by atoms with van der Waals surface area (Å²) in [5.74, 6) is 0.314. The number of nitrogens with zero attached hydrogens (tertiary/aromatic N) is 2. The fourth-order valence-electron chi connectivity index (χ4n) is 3.71. The fraction of sp³-hybridized carbons (Fsp3) is 0.300. The van der Waals surface area contributed by atoms with Gasteiger partial charge in [-0.15, -0.1) is 17.9 Å². The van der Waals surface area contributed by atoms with Crippen LogP contribution in [0.5, 0.6) is 0 Å². The van der Waals surface area contributed by atoms with Crippen LogP contribution in [-0.2, 0) is 4.75 Å². The molecule has 1 N–H and O–H groups in total. The molecule has 0 bridgehead atoms. The maximum absolute atomic E-state index is 12.6. The van der Waals surface area contributed by atoms with Crippen molar-refractivity contribution >= 4 is 50.1 Å². The topological polar surface area (TPSA) is 44.7 Å². The van der Waals surface area contributed by atoms with Crippen molar-refractivity contribution in [2.75, 3.05) is 26.2 Å². The Balaban J connectivity index is 1.59. The van der Waals surface area contributed by atoms with Crippen molar-refractivity contribution in [3.63, 3.8) is 0 Å². The molecular formula is C20H20BrN3OS2. The van der Waals surface area contributed by atoms with Gasteiger partial charge < -0.3 is 5.32 Å². The van der Waals surface area contributed by atoms with Crippen molar-refractivity contribution in [1.82, 2.24) is 10.2 Å². The summed E-state index contributed by atoms with van der Waals surface area (Å²) in [5, 5.41) is 5.87. The molecule has 2 aliphatic rings. The Hall–Kier alpha value is -1.41. The third kappa shape index (κ3) is 3.78. The van der Waals surface area contributed by atoms with Gasteiger partial charge >= 0.3 is 0 Å². The quantitative estimate of drug-likeness (QED) is 0.687. The number of hydrogen-bond acceptors (Lipinski definition) is 5. The van der Waals surface area contributed by atoms with Gasteiger partial charge in [-0.25, -0.2) is 0 Å². The molecule has 1 fully saturated rings. The van der Waals surface area contributed by atoms with E-state index in [2.05, 4.69) is 44.2 Å². The molecule has 0 radical (unpaired) electrons. The van der Waals surface area contributed by atoms with Crippen LogP contribution in [-0.4, -0.2) is 42.2 Å². The molecule has 7 heteroatoms. The Morgan fingerprint density at radius 2 is 2.26 bits per heavy atom. The molecule has 1 aromatic carbocycles. The van der Waals surface area contributed by atoms with Crippen molar-refractivity contribution in [3.05, 3.63) is 69.3 Å². The second kappa shape index (κ2) is 7.91. The average molecular weight is 462 g/mol. The molecule has 0 saturated carbocycles. The van der Waals surface area contributed by atoms with E-state index in [0.717, 1.165) is 30.7 Å². The molecule has 0 aliphatic carbocycles. The summed E-state index contributed by atoms with van der Waals surface area (Å²) in [7, 11) is 0. The summed E-state index contributed by atoms with van der Waals surface area (Å²) in [4.78, 5) is 21.0. The van der Waals surface area contributed by atoms with E-state index in [1.165, 1.54) is 4.88 Å². The van der Waals surface area contributed by atoms with Gasteiger partial charge in [-0.05, 0) is 34.1 Å². The average Bonchev–Trinajstić information content (AvgIpc) is 3.26. The maximum atomic E-state index is 12.6. The minimum atomic E-state index is -0.108. The lowest BCUT2D eigenvalue weighted by atomic mass is 9.93. The van der Waals surface area contributed by atoms with Crippen LogP contribution in [0.15, 0.2) is 63.9 Å². The van der Waals surface area contributed by atoms with E-state index in [0.29, 0.717) is 16.6 Å². The largest absolute Gasteiger partial charge is 0.301 e. The molecular weight excluding hydrogens is 442 g/mol. The summed E-state index contributed by atoms with van der Waals surface area (Å²) in [5.41, 5.74) is 0.649. The molecule has 27 heavy (non-hydrogen) atoms. The summed E-state index contributed by atoms with van der Waals surface area (Å²) in [6.45, 7) is 7.41. The Kier molecular flexibility index (Phi) is 5.55. The van der Waals surface area contributed by atoms with Crippen LogP contribution in [0.2, 0.25) is 0 Å². The van der Waals surface area contributed by atoms with Crippen molar-refractivity contribution in [2.45, 2.75) is 4.75 Å². The molecule has 2 atom stereocenters. The number of rotatable bonds is 4. The molecule has 1 amide bonds. The van der Waals surface area contributed by atoms with Crippen LogP contribution in [0.1, 0.15) is 15.2 Å². The number of benzene rings is 1. The zero-order valence-electron chi connectivity index (χ0n) is 14.7. The SMILES string of the molecule is C=CCN1C[C@@H]2CN=C(NC(=O)c3ccccc3)S[C@@]2(c2cc(Br)cs2)C1. The second-order valence-electron chi connectivity index (χ2n) is 6.77. The van der Waals surface area contributed by atoms with E-state index in [1.807, 2.05) is 36.4 Å². The van der Waals surface area contributed by atoms with Gasteiger partial charge in [0.15, 0.2) is 5.17 Å². The first-order valence-electron chi connectivity index (χ1n) is 8.78. The molecule has 0 spiro atoms. The highest BCUT2D eigenvalue weighted by molar-refractivity contribution is 9.10. The first-order chi connectivity index (χ1) is 13.1. The molecule has 2 aromatic rings. The van der Waals surface area contributed by atoms with Crippen LogP contribution in [0.25, 0.3) is 0 Å². The monoisotopic (exact) mass is 461 g/mol. The van der Waals surface area contributed by atoms with Gasteiger partial charge in [0, 0.05) is 52.4 Å². The number of likely N-dealkylation sites (tertiary alicyclic amines) is 1. The standard InChI is InChI=1S/C20H20BrN3OS2/c1-2-8-24-11-15-10-22-19(23-18(25)14-6-4-3-5-7-14)27-20(15,13-24)17-9-16(21)12-26-17/h2-7,9,12,15H,1,8,10-11,13H2,(H,22,23,25)/t15-,20-/m0/s1. The van der Waals surface area contributed by atoms with Crippen LogP contribution < -0.4 is 5.32 Å². The van der Waals surface area contributed by atoms with Crippen LogP contribution >= 0.6 is 39.0 Å². The van der Waals surface area contributed by atoms with Crippen molar-refractivity contribution in [1.29, 1.82) is 0 Å². The zero-order valence-corrected chi connectivity index (χ0v) is 17.9. The van der Waals surface area contributed by atoms with Crippen molar-refractivity contribution in [3.8, 4) is 0 Å². The van der Waals surface area contributed by atoms with E-state index in [4.69, 9.17) is 4.99 Å². The van der Waals surface area contributed by atoms with Crippen LogP contribution in [0.3, 0.4) is 0 Å². The maximum Gasteiger partial charge on any atom is 0.257 e. The molecule has 2 aliphatic heterocycles. The van der Waals surface area contributed by atoms with Crippen LogP contribution in [0.4, 0.5) is 0 Å². The first-order valence-corrected chi connectivity index (χ1v) is 11.3. The molecule has 1 aromatic heterocycles. The van der Waals surface area contributed by atoms with Crippen molar-refractivity contribution < 1.29 is 4.79 Å². The van der Waals surface area contributed by atoms with Gasteiger partial charge in [-0.2, -0.15) is 0 Å². The number of carbonyl (C=O) groups is 1. The molecule has 3 heterocycles. The number of fused-ring (bicyclic) bond motifs is 1. The number of nitrogens with one attached hydrogen (secondary N) is 1. The Bertz CT molecular complexity index is 882. The predicted molar refractivity (Wildman–Crippen MR) is 118 cm³/mol. The number of carbonyl (C=O) groups excluding carboxylic acids is 1. The number of amidine groups is 1. The van der Waals surface area contributed by atoms with E-state index in [-0.39, 0.29) is 10.7 Å².